The molecule has 3 heterocycles. The predicted molar refractivity (Wildman–Crippen MR) is 114 cm³/mol. The Balaban J connectivity index is 1.55. The second-order valence-corrected chi connectivity index (χ2v) is 7.61. The predicted octanol–water partition coefficient (Wildman–Crippen LogP) is 2.51. The van der Waals surface area contributed by atoms with Gasteiger partial charge in [0.2, 0.25) is 0 Å². The van der Waals surface area contributed by atoms with Crippen LogP contribution in [0.4, 0.5) is 5.82 Å². The van der Waals surface area contributed by atoms with Crippen LogP contribution in [-0.4, -0.2) is 60.3 Å². The second kappa shape index (κ2) is 9.30. The molecule has 0 spiro atoms. The van der Waals surface area contributed by atoms with Crippen molar-refractivity contribution in [2.24, 2.45) is 12.0 Å². The largest absolute Gasteiger partial charge is 0.375 e. The first-order valence-electron chi connectivity index (χ1n) is 9.50. The van der Waals surface area contributed by atoms with Gasteiger partial charge < -0.3 is 24.4 Å². The lowest BCUT2D eigenvalue weighted by atomic mass is 10.2. The Morgan fingerprint density at radius 2 is 2.29 bits per heavy atom. The summed E-state index contributed by atoms with van der Waals surface area (Å²) in [5.41, 5.74) is 2.24. The number of aliphatic imine (C=N–C) groups is 1. The van der Waals surface area contributed by atoms with E-state index in [9.17, 15) is 0 Å². The van der Waals surface area contributed by atoms with Crippen LogP contribution in [0.3, 0.4) is 0 Å². The number of nitrogens with one attached hydrogen (secondary N) is 1. The number of aromatic nitrogens is 2. The lowest BCUT2D eigenvalue weighted by Crippen LogP contribution is -2.41. The van der Waals surface area contributed by atoms with Gasteiger partial charge in [0.05, 0.1) is 24.3 Å². The standard InChI is InChI=1S/C20H29ClN6O/c1-15-12-27(7-8-28-15)19-6-5-16(10-23-19)11-24-20(22-2)26(4)14-18-9-17(21)13-25(18)3/h5-6,9-10,13,15H,7-8,11-12,14H2,1-4H3,(H,22,24). The van der Waals surface area contributed by atoms with E-state index in [1.807, 2.05) is 37.1 Å². The maximum atomic E-state index is 6.08. The minimum atomic E-state index is 0.245. The van der Waals surface area contributed by atoms with E-state index >= 15 is 0 Å². The molecule has 28 heavy (non-hydrogen) atoms. The summed E-state index contributed by atoms with van der Waals surface area (Å²) < 4.78 is 7.63. The molecule has 0 aliphatic carbocycles. The third-order valence-electron chi connectivity index (χ3n) is 4.87. The van der Waals surface area contributed by atoms with Crippen LogP contribution >= 0.6 is 11.6 Å². The highest BCUT2D eigenvalue weighted by atomic mass is 35.5. The smallest absolute Gasteiger partial charge is 0.194 e. The molecule has 0 radical (unpaired) electrons. The first kappa shape index (κ1) is 20.5. The van der Waals surface area contributed by atoms with Crippen molar-refractivity contribution < 1.29 is 4.74 Å². The number of hydrogen-bond donors (Lipinski definition) is 1. The molecule has 0 aromatic carbocycles. The summed E-state index contributed by atoms with van der Waals surface area (Å²) in [6.07, 6.45) is 4.07. The minimum absolute atomic E-state index is 0.245. The normalized spacial score (nSPS) is 17.7. The molecular formula is C20H29ClN6O. The first-order chi connectivity index (χ1) is 13.5. The first-order valence-corrected chi connectivity index (χ1v) is 9.88. The van der Waals surface area contributed by atoms with Crippen molar-refractivity contribution in [3.8, 4) is 0 Å². The SMILES string of the molecule is CN=C(NCc1ccc(N2CCOC(C)C2)nc1)N(C)Cc1cc(Cl)cn1C. The Bertz CT molecular complexity index is 804. The topological polar surface area (TPSA) is 57.9 Å². The van der Waals surface area contributed by atoms with E-state index in [1.165, 1.54) is 0 Å². The molecule has 0 bridgehead atoms. The molecule has 2 aromatic heterocycles. The molecule has 8 heteroatoms. The van der Waals surface area contributed by atoms with Gasteiger partial charge in [0.1, 0.15) is 5.82 Å². The van der Waals surface area contributed by atoms with Gasteiger partial charge in [-0.3, -0.25) is 4.99 Å². The molecule has 7 nitrogen and oxygen atoms in total. The Morgan fingerprint density at radius 1 is 1.46 bits per heavy atom. The summed E-state index contributed by atoms with van der Waals surface area (Å²) in [7, 11) is 5.79. The van der Waals surface area contributed by atoms with Crippen molar-refractivity contribution in [1.82, 2.24) is 19.8 Å². The van der Waals surface area contributed by atoms with Crippen molar-refractivity contribution in [2.75, 3.05) is 38.7 Å². The number of rotatable bonds is 5. The molecule has 2 aromatic rings. The third kappa shape index (κ3) is 5.17. The minimum Gasteiger partial charge on any atom is -0.375 e. The highest BCUT2D eigenvalue weighted by Crippen LogP contribution is 2.16. The molecule has 1 aliphatic rings. The molecule has 152 valence electrons. The fourth-order valence-corrected chi connectivity index (χ4v) is 3.61. The summed E-state index contributed by atoms with van der Waals surface area (Å²) in [6, 6.07) is 6.16. The fraction of sp³-hybridized carbons (Fsp3) is 0.500. The summed E-state index contributed by atoms with van der Waals surface area (Å²) in [5, 5.41) is 4.14. The van der Waals surface area contributed by atoms with Crippen LogP contribution < -0.4 is 10.2 Å². The van der Waals surface area contributed by atoms with Crippen molar-refractivity contribution in [3.63, 3.8) is 0 Å². The van der Waals surface area contributed by atoms with Crippen molar-refractivity contribution in [2.45, 2.75) is 26.1 Å². The Kier molecular flexibility index (Phi) is 6.80. The van der Waals surface area contributed by atoms with Crippen LogP contribution in [0.5, 0.6) is 0 Å². The summed E-state index contributed by atoms with van der Waals surface area (Å²) in [5.74, 6) is 1.82. The molecule has 1 atom stereocenters. The molecule has 0 amide bonds. The van der Waals surface area contributed by atoms with Gasteiger partial charge >= 0.3 is 0 Å². The van der Waals surface area contributed by atoms with Crippen molar-refractivity contribution in [1.29, 1.82) is 0 Å². The van der Waals surface area contributed by atoms with Crippen molar-refractivity contribution >= 4 is 23.4 Å². The summed E-state index contributed by atoms with van der Waals surface area (Å²) in [4.78, 5) is 13.3. The summed E-state index contributed by atoms with van der Waals surface area (Å²) in [6.45, 7) is 5.99. The van der Waals surface area contributed by atoms with Gasteiger partial charge in [-0.2, -0.15) is 0 Å². The van der Waals surface area contributed by atoms with Crippen molar-refractivity contribution in [3.05, 3.63) is 46.9 Å². The van der Waals surface area contributed by atoms with E-state index < -0.39 is 0 Å². The van der Waals surface area contributed by atoms with Gasteiger partial charge in [-0.1, -0.05) is 17.7 Å². The average Bonchev–Trinajstić information content (AvgIpc) is 2.99. The van der Waals surface area contributed by atoms with Crippen LogP contribution in [0, 0.1) is 0 Å². The number of anilines is 1. The zero-order chi connectivity index (χ0) is 20.1. The van der Waals surface area contributed by atoms with Gasteiger partial charge in [0.15, 0.2) is 5.96 Å². The maximum Gasteiger partial charge on any atom is 0.194 e. The molecule has 1 N–H and O–H groups in total. The van der Waals surface area contributed by atoms with Gasteiger partial charge in [-0.25, -0.2) is 4.98 Å². The van der Waals surface area contributed by atoms with Gasteiger partial charge in [-0.05, 0) is 24.6 Å². The Hall–Kier alpha value is -2.25. The summed E-state index contributed by atoms with van der Waals surface area (Å²) >= 11 is 6.08. The zero-order valence-corrected chi connectivity index (χ0v) is 17.8. The molecular weight excluding hydrogens is 376 g/mol. The highest BCUT2D eigenvalue weighted by Gasteiger charge is 2.17. The average molecular weight is 405 g/mol. The number of halogens is 1. The van der Waals surface area contributed by atoms with Crippen LogP contribution in [0.1, 0.15) is 18.2 Å². The molecule has 1 saturated heterocycles. The van der Waals surface area contributed by atoms with E-state index in [-0.39, 0.29) is 6.10 Å². The van der Waals surface area contributed by atoms with E-state index in [0.29, 0.717) is 6.54 Å². The third-order valence-corrected chi connectivity index (χ3v) is 5.08. The number of guanidine groups is 1. The number of aryl methyl sites for hydroxylation is 1. The molecule has 1 fully saturated rings. The maximum absolute atomic E-state index is 6.08. The van der Waals surface area contributed by atoms with E-state index in [2.05, 4.69) is 44.1 Å². The molecule has 1 aliphatic heterocycles. The van der Waals surface area contributed by atoms with Gasteiger partial charge in [0.25, 0.3) is 0 Å². The lowest BCUT2D eigenvalue weighted by molar-refractivity contribution is 0.0529. The lowest BCUT2D eigenvalue weighted by Gasteiger charge is -2.32. The highest BCUT2D eigenvalue weighted by molar-refractivity contribution is 6.30. The van der Waals surface area contributed by atoms with Gasteiger partial charge in [-0.15, -0.1) is 0 Å². The quantitative estimate of drug-likeness (QED) is 0.613. The monoisotopic (exact) mass is 404 g/mol. The molecule has 3 rings (SSSR count). The second-order valence-electron chi connectivity index (χ2n) is 7.17. The van der Waals surface area contributed by atoms with Crippen LogP contribution in [0.25, 0.3) is 0 Å². The molecule has 0 saturated carbocycles. The van der Waals surface area contributed by atoms with Crippen LogP contribution in [0.2, 0.25) is 5.02 Å². The van der Waals surface area contributed by atoms with Crippen LogP contribution in [-0.2, 0) is 24.9 Å². The number of hydrogen-bond acceptors (Lipinski definition) is 4. The Labute approximate surface area is 172 Å². The fourth-order valence-electron chi connectivity index (χ4n) is 3.34. The Morgan fingerprint density at radius 3 is 2.89 bits per heavy atom. The van der Waals surface area contributed by atoms with Crippen LogP contribution in [0.15, 0.2) is 35.6 Å². The van der Waals surface area contributed by atoms with E-state index in [4.69, 9.17) is 16.3 Å². The number of morpholine rings is 1. The van der Waals surface area contributed by atoms with E-state index in [1.54, 1.807) is 7.05 Å². The number of pyridine rings is 1. The number of nitrogens with zero attached hydrogens (tertiary/aromatic N) is 5. The molecule has 1 unspecified atom stereocenters. The number of ether oxygens (including phenoxy) is 1. The van der Waals surface area contributed by atoms with E-state index in [0.717, 1.165) is 54.3 Å². The zero-order valence-electron chi connectivity index (χ0n) is 17.0. The van der Waals surface area contributed by atoms with Gasteiger partial charge in [0, 0.05) is 58.9 Å².